The molecule has 0 unspecified atom stereocenters. The van der Waals surface area contributed by atoms with Gasteiger partial charge in [-0.15, -0.1) is 24.0 Å². The fourth-order valence-electron chi connectivity index (χ4n) is 3.22. The Labute approximate surface area is 170 Å². The van der Waals surface area contributed by atoms with Crippen molar-refractivity contribution in [3.8, 4) is 0 Å². The Morgan fingerprint density at radius 1 is 1.20 bits per heavy atom. The third-order valence-corrected chi connectivity index (χ3v) is 4.95. The molecular weight excluding hydrogens is 425 g/mol. The Morgan fingerprint density at radius 3 is 2.56 bits per heavy atom. The Balaban J connectivity index is 0.00000312. The van der Waals surface area contributed by atoms with Crippen molar-refractivity contribution in [1.82, 2.24) is 10.6 Å². The zero-order valence-corrected chi connectivity index (χ0v) is 18.1. The van der Waals surface area contributed by atoms with E-state index in [-0.39, 0.29) is 24.0 Å². The van der Waals surface area contributed by atoms with Crippen LogP contribution in [-0.4, -0.2) is 39.3 Å². The van der Waals surface area contributed by atoms with Crippen LogP contribution in [0.4, 0.5) is 0 Å². The van der Waals surface area contributed by atoms with E-state index in [9.17, 15) is 0 Å². The van der Waals surface area contributed by atoms with Crippen molar-refractivity contribution in [2.75, 3.05) is 33.4 Å². The lowest BCUT2D eigenvalue weighted by Crippen LogP contribution is -2.40. The fourth-order valence-corrected chi connectivity index (χ4v) is 3.22. The number of aliphatic imine (C=N–C) groups is 1. The van der Waals surface area contributed by atoms with E-state index in [0.717, 1.165) is 51.5 Å². The molecule has 0 atom stereocenters. The first-order valence-electron chi connectivity index (χ1n) is 9.33. The van der Waals surface area contributed by atoms with Gasteiger partial charge in [0.25, 0.3) is 0 Å². The first kappa shape index (κ1) is 22.2. The van der Waals surface area contributed by atoms with Crippen LogP contribution in [0.3, 0.4) is 0 Å². The normalized spacial score (nSPS) is 15.8. The summed E-state index contributed by atoms with van der Waals surface area (Å²) in [6.45, 7) is 5.72. The van der Waals surface area contributed by atoms with Crippen molar-refractivity contribution in [2.24, 2.45) is 10.4 Å². The second-order valence-electron chi connectivity index (χ2n) is 6.81. The van der Waals surface area contributed by atoms with Crippen LogP contribution in [-0.2, 0) is 11.2 Å². The molecule has 1 aromatic carbocycles. The molecule has 25 heavy (non-hydrogen) atoms. The largest absolute Gasteiger partial charge is 0.385 e. The molecule has 0 aromatic heterocycles. The number of nitrogens with zero attached hydrogens (tertiary/aromatic N) is 1. The van der Waals surface area contributed by atoms with Gasteiger partial charge in [-0.1, -0.05) is 36.8 Å². The number of aryl methyl sites for hydroxylation is 1. The summed E-state index contributed by atoms with van der Waals surface area (Å²) in [5.41, 5.74) is 1.77. The molecule has 0 amide bonds. The van der Waals surface area contributed by atoms with Gasteiger partial charge in [0, 0.05) is 33.4 Å². The zero-order chi connectivity index (χ0) is 17.1. The first-order valence-corrected chi connectivity index (χ1v) is 9.33. The van der Waals surface area contributed by atoms with Gasteiger partial charge in [-0.3, -0.25) is 4.99 Å². The number of rotatable bonds is 10. The molecule has 0 radical (unpaired) electrons. The predicted molar refractivity (Wildman–Crippen MR) is 117 cm³/mol. The highest BCUT2D eigenvalue weighted by Crippen LogP contribution is 2.44. The molecule has 5 heteroatoms. The van der Waals surface area contributed by atoms with Crippen LogP contribution in [0.5, 0.6) is 0 Å². The number of nitrogens with one attached hydrogen (secondary N) is 2. The smallest absolute Gasteiger partial charge is 0.191 e. The van der Waals surface area contributed by atoms with Crippen molar-refractivity contribution in [1.29, 1.82) is 0 Å². The van der Waals surface area contributed by atoms with E-state index in [1.807, 2.05) is 0 Å². The number of hydrogen-bond donors (Lipinski definition) is 2. The Hall–Kier alpha value is -0.820. The summed E-state index contributed by atoms with van der Waals surface area (Å²) in [7, 11) is 1.79. The van der Waals surface area contributed by atoms with E-state index in [2.05, 4.69) is 47.9 Å². The maximum absolute atomic E-state index is 5.27. The molecule has 1 aliphatic carbocycles. The first-order chi connectivity index (χ1) is 11.8. The Bertz CT molecular complexity index is 489. The standard InChI is InChI=1S/C20H33N3O.HI/c1-3-21-19(22-15-7-11-18-9-5-4-6-10-18)23-17-20(12-8-13-20)14-16-24-2;/h4-6,9-10H,3,7-8,11-17H2,1-2H3,(H2,21,22,23);1H. The van der Waals surface area contributed by atoms with E-state index in [0.29, 0.717) is 5.41 Å². The van der Waals surface area contributed by atoms with Crippen LogP contribution in [0.1, 0.15) is 44.6 Å². The molecule has 0 bridgehead atoms. The summed E-state index contributed by atoms with van der Waals surface area (Å²) >= 11 is 0. The van der Waals surface area contributed by atoms with Gasteiger partial charge in [-0.25, -0.2) is 0 Å². The van der Waals surface area contributed by atoms with Crippen LogP contribution in [0.15, 0.2) is 35.3 Å². The van der Waals surface area contributed by atoms with Gasteiger partial charge < -0.3 is 15.4 Å². The summed E-state index contributed by atoms with van der Waals surface area (Å²) in [4.78, 5) is 4.84. The van der Waals surface area contributed by atoms with E-state index in [1.54, 1.807) is 7.11 Å². The maximum atomic E-state index is 5.27. The molecule has 0 spiro atoms. The van der Waals surface area contributed by atoms with Crippen LogP contribution >= 0.6 is 24.0 Å². The molecule has 0 saturated heterocycles. The number of guanidine groups is 1. The number of ether oxygens (including phenoxy) is 1. The van der Waals surface area contributed by atoms with Crippen molar-refractivity contribution >= 4 is 29.9 Å². The minimum absolute atomic E-state index is 0. The van der Waals surface area contributed by atoms with Gasteiger partial charge in [0.1, 0.15) is 0 Å². The average Bonchev–Trinajstić information content (AvgIpc) is 2.58. The lowest BCUT2D eigenvalue weighted by molar-refractivity contribution is 0.0778. The number of halogens is 1. The highest BCUT2D eigenvalue weighted by molar-refractivity contribution is 14.0. The average molecular weight is 459 g/mol. The third kappa shape index (κ3) is 7.94. The van der Waals surface area contributed by atoms with Gasteiger partial charge in [0.05, 0.1) is 0 Å². The van der Waals surface area contributed by atoms with E-state index in [1.165, 1.54) is 24.8 Å². The molecule has 2 rings (SSSR count). The van der Waals surface area contributed by atoms with Crippen LogP contribution < -0.4 is 10.6 Å². The van der Waals surface area contributed by atoms with Crippen molar-refractivity contribution in [3.63, 3.8) is 0 Å². The molecule has 4 nitrogen and oxygen atoms in total. The highest BCUT2D eigenvalue weighted by Gasteiger charge is 2.36. The van der Waals surface area contributed by atoms with Gasteiger partial charge in [0.15, 0.2) is 5.96 Å². The monoisotopic (exact) mass is 459 g/mol. The summed E-state index contributed by atoms with van der Waals surface area (Å²) in [5, 5.41) is 6.84. The summed E-state index contributed by atoms with van der Waals surface area (Å²) in [6, 6.07) is 10.7. The minimum atomic E-state index is 0. The zero-order valence-electron chi connectivity index (χ0n) is 15.7. The van der Waals surface area contributed by atoms with Gasteiger partial charge in [-0.05, 0) is 50.0 Å². The van der Waals surface area contributed by atoms with Crippen molar-refractivity contribution in [2.45, 2.75) is 45.4 Å². The second kappa shape index (κ2) is 12.5. The quantitative estimate of drug-likeness (QED) is 0.241. The molecule has 2 N–H and O–H groups in total. The number of benzene rings is 1. The van der Waals surface area contributed by atoms with Crippen LogP contribution in [0.25, 0.3) is 0 Å². The van der Waals surface area contributed by atoms with Crippen LogP contribution in [0.2, 0.25) is 0 Å². The molecule has 1 aliphatic rings. The molecular formula is C20H34IN3O. The number of methoxy groups -OCH3 is 1. The maximum Gasteiger partial charge on any atom is 0.191 e. The predicted octanol–water partition coefficient (Wildman–Crippen LogP) is 4.00. The molecule has 0 heterocycles. The molecule has 0 aliphatic heterocycles. The molecule has 1 fully saturated rings. The van der Waals surface area contributed by atoms with Crippen LogP contribution in [0, 0.1) is 5.41 Å². The lowest BCUT2D eigenvalue weighted by Gasteiger charge is -2.40. The minimum Gasteiger partial charge on any atom is -0.385 e. The molecule has 142 valence electrons. The topological polar surface area (TPSA) is 45.7 Å². The van der Waals surface area contributed by atoms with Crippen molar-refractivity contribution < 1.29 is 4.74 Å². The second-order valence-corrected chi connectivity index (χ2v) is 6.81. The van der Waals surface area contributed by atoms with Crippen molar-refractivity contribution in [3.05, 3.63) is 35.9 Å². The summed E-state index contributed by atoms with van der Waals surface area (Å²) < 4.78 is 5.27. The Morgan fingerprint density at radius 2 is 1.96 bits per heavy atom. The SMILES string of the molecule is CCNC(=NCC1(CCOC)CCC1)NCCCc1ccccc1.I. The van der Waals surface area contributed by atoms with Gasteiger partial charge in [0.2, 0.25) is 0 Å². The summed E-state index contributed by atoms with van der Waals surface area (Å²) in [5.74, 6) is 0.953. The number of hydrogen-bond acceptors (Lipinski definition) is 2. The van der Waals surface area contributed by atoms with E-state index >= 15 is 0 Å². The fraction of sp³-hybridized carbons (Fsp3) is 0.650. The Kier molecular flexibility index (Phi) is 11.1. The molecule has 1 aromatic rings. The van der Waals surface area contributed by atoms with Gasteiger partial charge in [-0.2, -0.15) is 0 Å². The third-order valence-electron chi connectivity index (χ3n) is 4.95. The van der Waals surface area contributed by atoms with E-state index in [4.69, 9.17) is 9.73 Å². The molecule has 1 saturated carbocycles. The lowest BCUT2D eigenvalue weighted by atomic mass is 9.67. The van der Waals surface area contributed by atoms with E-state index < -0.39 is 0 Å². The highest BCUT2D eigenvalue weighted by atomic mass is 127. The van der Waals surface area contributed by atoms with Gasteiger partial charge >= 0.3 is 0 Å². The summed E-state index contributed by atoms with van der Waals surface area (Å²) in [6.07, 6.45) is 7.25.